The average molecular weight is 434 g/mol. The molecule has 0 aromatic heterocycles. The van der Waals surface area contributed by atoms with Gasteiger partial charge in [0.1, 0.15) is 18.0 Å². The summed E-state index contributed by atoms with van der Waals surface area (Å²) >= 11 is 0. The Morgan fingerprint density at radius 1 is 1.26 bits per heavy atom. The van der Waals surface area contributed by atoms with Crippen LogP contribution in [-0.2, 0) is 19.1 Å². The second-order valence-corrected chi connectivity index (χ2v) is 9.97. The molecule has 5 N–H and O–H groups in total. The molecule has 0 bridgehead atoms. The van der Waals surface area contributed by atoms with Crippen molar-refractivity contribution >= 4 is 17.5 Å². The van der Waals surface area contributed by atoms with Crippen molar-refractivity contribution in [3.8, 4) is 0 Å². The summed E-state index contributed by atoms with van der Waals surface area (Å²) in [6, 6.07) is 0. The van der Waals surface area contributed by atoms with Gasteiger partial charge in [-0.05, 0) is 56.9 Å². The third kappa shape index (κ3) is 2.92. The van der Waals surface area contributed by atoms with E-state index in [9.17, 15) is 29.7 Å². The summed E-state index contributed by atoms with van der Waals surface area (Å²) in [5, 5.41) is 32.1. The first kappa shape index (κ1) is 22.3. The van der Waals surface area contributed by atoms with Crippen LogP contribution < -0.4 is 5.73 Å². The molecule has 0 radical (unpaired) electrons. The smallest absolute Gasteiger partial charge is 0.324 e. The van der Waals surface area contributed by atoms with Gasteiger partial charge in [-0.2, -0.15) is 0 Å². The van der Waals surface area contributed by atoms with Crippen molar-refractivity contribution < 1.29 is 34.4 Å². The topological polar surface area (TPSA) is 147 Å². The molecule has 3 fully saturated rings. The van der Waals surface area contributed by atoms with Crippen LogP contribution in [0.2, 0.25) is 0 Å². The molecule has 4 aliphatic rings. The molecule has 3 saturated carbocycles. The van der Waals surface area contributed by atoms with Crippen molar-refractivity contribution in [1.82, 2.24) is 0 Å². The Hall–Kier alpha value is -1.87. The maximum absolute atomic E-state index is 12.5. The van der Waals surface area contributed by atoms with Gasteiger partial charge in [-0.15, -0.1) is 0 Å². The second-order valence-electron chi connectivity index (χ2n) is 9.97. The van der Waals surface area contributed by atoms with E-state index in [2.05, 4.69) is 0 Å². The van der Waals surface area contributed by atoms with E-state index < -0.39 is 40.9 Å². The minimum absolute atomic E-state index is 0.0513. The number of aliphatic hydroxyl groups is 3. The van der Waals surface area contributed by atoms with Crippen LogP contribution in [0.3, 0.4) is 0 Å². The van der Waals surface area contributed by atoms with E-state index in [-0.39, 0.29) is 48.7 Å². The summed E-state index contributed by atoms with van der Waals surface area (Å²) in [6.07, 6.45) is 4.27. The van der Waals surface area contributed by atoms with Gasteiger partial charge >= 0.3 is 5.97 Å². The first-order valence-corrected chi connectivity index (χ1v) is 11.0. The number of fused-ring (bicyclic) bond motifs is 5. The first-order valence-electron chi connectivity index (χ1n) is 11.0. The summed E-state index contributed by atoms with van der Waals surface area (Å²) in [6.45, 7) is 2.66. The summed E-state index contributed by atoms with van der Waals surface area (Å²) in [7, 11) is 0. The van der Waals surface area contributed by atoms with E-state index in [1.807, 2.05) is 13.8 Å². The fraction of sp³-hybridized carbons (Fsp3) is 0.696. The molecule has 4 aliphatic carbocycles. The largest absolute Gasteiger partial charge is 0.429 e. The average Bonchev–Trinajstić information content (AvgIpc) is 2.99. The van der Waals surface area contributed by atoms with Crippen LogP contribution >= 0.6 is 0 Å². The lowest BCUT2D eigenvalue weighted by Gasteiger charge is -2.60. The molecule has 31 heavy (non-hydrogen) atoms. The SMILES string of the molecule is C[C@@]12C(=CC(=O)C=C1OC(=O)CN)CC[C@@H]1[C@@H]2[C@@H](O)C[C@@]2(C)[C@H]1CC[C@]2(O)C(=O)CO. The quantitative estimate of drug-likeness (QED) is 0.466. The van der Waals surface area contributed by atoms with Gasteiger partial charge < -0.3 is 25.8 Å². The summed E-state index contributed by atoms with van der Waals surface area (Å²) in [4.78, 5) is 36.8. The number of carbonyl (C=O) groups is 3. The monoisotopic (exact) mass is 433 g/mol. The van der Waals surface area contributed by atoms with E-state index in [1.54, 1.807) is 6.08 Å². The van der Waals surface area contributed by atoms with Crippen LogP contribution in [0.25, 0.3) is 0 Å². The van der Waals surface area contributed by atoms with Crippen LogP contribution in [0, 0.1) is 28.6 Å². The third-order valence-corrected chi connectivity index (χ3v) is 8.78. The minimum Gasteiger partial charge on any atom is -0.429 e. The van der Waals surface area contributed by atoms with E-state index in [1.165, 1.54) is 6.08 Å². The number of aliphatic hydroxyl groups excluding tert-OH is 2. The molecule has 0 spiro atoms. The van der Waals surface area contributed by atoms with Gasteiger partial charge in [-0.25, -0.2) is 0 Å². The van der Waals surface area contributed by atoms with Crippen molar-refractivity contribution in [1.29, 1.82) is 0 Å². The zero-order chi connectivity index (χ0) is 22.8. The van der Waals surface area contributed by atoms with Gasteiger partial charge in [0.15, 0.2) is 11.6 Å². The summed E-state index contributed by atoms with van der Waals surface area (Å²) in [5.74, 6) is -1.75. The van der Waals surface area contributed by atoms with Gasteiger partial charge in [0.2, 0.25) is 0 Å². The van der Waals surface area contributed by atoms with E-state index in [0.29, 0.717) is 19.3 Å². The first-order chi connectivity index (χ1) is 14.5. The lowest BCUT2D eigenvalue weighted by atomic mass is 9.45. The number of ketones is 2. The number of hydrogen-bond acceptors (Lipinski definition) is 8. The Balaban J connectivity index is 1.76. The lowest BCUT2D eigenvalue weighted by Crippen LogP contribution is -2.62. The molecular formula is C23H31NO7. The molecule has 0 amide bonds. The van der Waals surface area contributed by atoms with E-state index in [4.69, 9.17) is 10.5 Å². The van der Waals surface area contributed by atoms with E-state index in [0.717, 1.165) is 5.57 Å². The molecule has 0 heterocycles. The molecule has 7 atom stereocenters. The molecule has 8 heteroatoms. The lowest BCUT2D eigenvalue weighted by molar-refractivity contribution is -0.182. The van der Waals surface area contributed by atoms with Crippen molar-refractivity contribution in [2.75, 3.05) is 13.2 Å². The number of carbonyl (C=O) groups excluding carboxylic acids is 3. The van der Waals surface area contributed by atoms with Gasteiger partial charge in [-0.1, -0.05) is 12.5 Å². The zero-order valence-corrected chi connectivity index (χ0v) is 18.0. The molecule has 0 aliphatic heterocycles. The number of nitrogens with two attached hydrogens (primary N) is 1. The predicted molar refractivity (Wildman–Crippen MR) is 109 cm³/mol. The Labute approximate surface area is 181 Å². The Kier molecular flexibility index (Phi) is 5.28. The van der Waals surface area contributed by atoms with Gasteiger partial charge in [0.25, 0.3) is 0 Å². The van der Waals surface area contributed by atoms with Crippen molar-refractivity contribution in [3.05, 3.63) is 23.5 Å². The molecule has 0 aromatic carbocycles. The zero-order valence-electron chi connectivity index (χ0n) is 18.0. The fourth-order valence-corrected chi connectivity index (χ4v) is 7.29. The number of Topliss-reactive ketones (excluding diaryl/α,β-unsaturated/α-hetero) is 1. The fourth-order valence-electron chi connectivity index (χ4n) is 7.29. The molecule has 170 valence electrons. The Morgan fingerprint density at radius 3 is 2.61 bits per heavy atom. The second kappa shape index (κ2) is 7.33. The van der Waals surface area contributed by atoms with Crippen LogP contribution in [0.4, 0.5) is 0 Å². The highest BCUT2D eigenvalue weighted by Gasteiger charge is 2.69. The molecule has 0 saturated heterocycles. The summed E-state index contributed by atoms with van der Waals surface area (Å²) in [5.41, 5.74) is 2.84. The van der Waals surface area contributed by atoms with Crippen LogP contribution in [-0.4, -0.2) is 57.7 Å². The standard InChI is InChI=1S/C23H31NO7/c1-21-9-16(27)20-14(15(21)5-6-23(21,30)17(28)11-25)4-3-12-7-13(26)8-18(22(12,20)2)31-19(29)10-24/h7-8,14-16,20,25,27,30H,3-6,9-11,24H2,1-2H3/t14-,15-,16-,20+,21-,22+,23-/m0/s1. The van der Waals surface area contributed by atoms with Gasteiger partial charge in [0.05, 0.1) is 18.1 Å². The van der Waals surface area contributed by atoms with Crippen molar-refractivity contribution in [3.63, 3.8) is 0 Å². The molecule has 0 unspecified atom stereocenters. The molecule has 0 aromatic rings. The number of hydrogen-bond donors (Lipinski definition) is 4. The number of esters is 1. The Bertz CT molecular complexity index is 894. The van der Waals surface area contributed by atoms with Gasteiger partial charge in [0, 0.05) is 17.4 Å². The van der Waals surface area contributed by atoms with E-state index >= 15 is 0 Å². The third-order valence-electron chi connectivity index (χ3n) is 8.78. The van der Waals surface area contributed by atoms with Crippen LogP contribution in [0.5, 0.6) is 0 Å². The minimum atomic E-state index is -1.68. The highest BCUT2D eigenvalue weighted by molar-refractivity contribution is 6.02. The predicted octanol–water partition coefficient (Wildman–Crippen LogP) is 0.387. The maximum Gasteiger partial charge on any atom is 0.324 e. The normalized spacial score (nSPS) is 43.9. The van der Waals surface area contributed by atoms with Crippen LogP contribution in [0.15, 0.2) is 23.5 Å². The summed E-state index contributed by atoms with van der Waals surface area (Å²) < 4.78 is 5.50. The van der Waals surface area contributed by atoms with Gasteiger partial charge in [-0.3, -0.25) is 14.4 Å². The molecule has 8 nitrogen and oxygen atoms in total. The highest BCUT2D eigenvalue weighted by atomic mass is 16.5. The maximum atomic E-state index is 12.5. The number of allylic oxidation sites excluding steroid dienone is 3. The molecular weight excluding hydrogens is 402 g/mol. The van der Waals surface area contributed by atoms with Crippen molar-refractivity contribution in [2.45, 2.75) is 57.7 Å². The molecule has 4 rings (SSSR count). The number of rotatable bonds is 4. The van der Waals surface area contributed by atoms with Crippen molar-refractivity contribution in [2.24, 2.45) is 34.3 Å². The highest BCUT2D eigenvalue weighted by Crippen LogP contribution is 2.68. The van der Waals surface area contributed by atoms with Crippen LogP contribution in [0.1, 0.15) is 46.0 Å². The number of ether oxygens (including phenoxy) is 1. The Morgan fingerprint density at radius 2 is 1.97 bits per heavy atom.